The quantitative estimate of drug-likeness (QED) is 0.236. The zero-order valence-corrected chi connectivity index (χ0v) is 25.7. The molecule has 1 aliphatic heterocycles. The number of pyridine rings is 2. The van der Waals surface area contributed by atoms with Crippen LogP contribution in [0.1, 0.15) is 50.4 Å². The Morgan fingerprint density at radius 3 is 2.44 bits per heavy atom. The lowest BCUT2D eigenvalue weighted by Gasteiger charge is -2.45. The molecule has 0 aliphatic carbocycles. The Morgan fingerprint density at radius 1 is 1.14 bits per heavy atom. The molecule has 43 heavy (non-hydrogen) atoms. The standard InChI is InChI=1S/C33H34ClFN6O2/c1-8-23-11-9-10-12-24(23)28-26(34)15-25-30(37-28)41(29-19(4)13-14-36-27(29)18(2)3)33(43)38-31(25)40-20(5)16-39(17-21(40)6)32(42)22(7)35/h8-15,18,20-21H,1,7,16-17H2,2-6H3/t20-,21-/m0/s1. The molecule has 1 aromatic carbocycles. The van der Waals surface area contributed by atoms with Crippen LogP contribution in [-0.2, 0) is 4.79 Å². The largest absolute Gasteiger partial charge is 0.355 e. The van der Waals surface area contributed by atoms with E-state index in [1.807, 2.05) is 69.9 Å². The minimum absolute atomic E-state index is 0.0145. The van der Waals surface area contributed by atoms with Gasteiger partial charge in [-0.25, -0.2) is 18.7 Å². The third-order valence-electron chi connectivity index (χ3n) is 7.84. The van der Waals surface area contributed by atoms with E-state index in [0.29, 0.717) is 33.3 Å². The van der Waals surface area contributed by atoms with Crippen molar-refractivity contribution < 1.29 is 9.18 Å². The second kappa shape index (κ2) is 11.7. The minimum atomic E-state index is -1.00. The molecule has 10 heteroatoms. The van der Waals surface area contributed by atoms with Gasteiger partial charge in [0.2, 0.25) is 0 Å². The fourth-order valence-corrected chi connectivity index (χ4v) is 6.20. The van der Waals surface area contributed by atoms with E-state index >= 15 is 0 Å². The van der Waals surface area contributed by atoms with Gasteiger partial charge in [-0.3, -0.25) is 9.78 Å². The lowest BCUT2D eigenvalue weighted by atomic mass is 10.0. The molecule has 1 aliphatic rings. The monoisotopic (exact) mass is 600 g/mol. The van der Waals surface area contributed by atoms with E-state index in [9.17, 15) is 14.0 Å². The van der Waals surface area contributed by atoms with Crippen molar-refractivity contribution in [1.29, 1.82) is 0 Å². The molecular weight excluding hydrogens is 567 g/mol. The summed E-state index contributed by atoms with van der Waals surface area (Å²) in [5.74, 6) is -1.33. The second-order valence-electron chi connectivity index (χ2n) is 11.3. The number of aryl methyl sites for hydroxylation is 1. The highest BCUT2D eigenvalue weighted by atomic mass is 35.5. The topological polar surface area (TPSA) is 84.2 Å². The predicted octanol–water partition coefficient (Wildman–Crippen LogP) is 6.48. The maximum atomic E-state index is 14.1. The molecule has 0 spiro atoms. The summed E-state index contributed by atoms with van der Waals surface area (Å²) in [6.07, 6.45) is 3.47. The van der Waals surface area contributed by atoms with E-state index in [1.54, 1.807) is 18.3 Å². The number of nitrogens with zero attached hydrogens (tertiary/aromatic N) is 6. The van der Waals surface area contributed by atoms with Crippen molar-refractivity contribution in [2.45, 2.75) is 52.6 Å². The number of fused-ring (bicyclic) bond motifs is 1. The zero-order chi connectivity index (χ0) is 31.2. The molecule has 1 amide bonds. The van der Waals surface area contributed by atoms with Gasteiger partial charge in [0.05, 0.1) is 27.5 Å². The zero-order valence-electron chi connectivity index (χ0n) is 24.9. The number of benzene rings is 1. The van der Waals surface area contributed by atoms with Crippen molar-refractivity contribution in [3.63, 3.8) is 0 Å². The predicted molar refractivity (Wildman–Crippen MR) is 171 cm³/mol. The highest BCUT2D eigenvalue weighted by Gasteiger charge is 2.35. The number of hydrogen-bond acceptors (Lipinski definition) is 6. The van der Waals surface area contributed by atoms with Gasteiger partial charge in [-0.15, -0.1) is 0 Å². The van der Waals surface area contributed by atoms with E-state index in [-0.39, 0.29) is 31.1 Å². The summed E-state index contributed by atoms with van der Waals surface area (Å²) < 4.78 is 15.3. The van der Waals surface area contributed by atoms with Crippen LogP contribution >= 0.6 is 11.6 Å². The summed E-state index contributed by atoms with van der Waals surface area (Å²) in [5.41, 5.74) is 4.19. The second-order valence-corrected chi connectivity index (χ2v) is 11.7. The number of rotatable bonds is 6. The number of carbonyl (C=O) groups excluding carboxylic acids is 1. The van der Waals surface area contributed by atoms with Gasteiger partial charge >= 0.3 is 5.69 Å². The molecule has 1 saturated heterocycles. The molecule has 222 valence electrons. The third kappa shape index (κ3) is 5.33. The highest BCUT2D eigenvalue weighted by molar-refractivity contribution is 6.34. The van der Waals surface area contributed by atoms with Crippen molar-refractivity contribution >= 4 is 40.4 Å². The maximum Gasteiger partial charge on any atom is 0.355 e. The number of anilines is 1. The molecule has 2 atom stereocenters. The summed E-state index contributed by atoms with van der Waals surface area (Å²) in [7, 11) is 0. The molecule has 4 heterocycles. The Labute approximate surface area is 255 Å². The molecule has 0 radical (unpaired) electrons. The normalized spacial score (nSPS) is 17.0. The Kier molecular flexibility index (Phi) is 8.21. The number of piperazine rings is 1. The first-order valence-electron chi connectivity index (χ1n) is 14.2. The summed E-state index contributed by atoms with van der Waals surface area (Å²) in [6, 6.07) is 10.7. The van der Waals surface area contributed by atoms with Crippen LogP contribution in [0.2, 0.25) is 5.02 Å². The number of aromatic nitrogens is 4. The van der Waals surface area contributed by atoms with Crippen LogP contribution in [0.15, 0.2) is 66.4 Å². The van der Waals surface area contributed by atoms with Crippen molar-refractivity contribution in [2.75, 3.05) is 18.0 Å². The first-order valence-corrected chi connectivity index (χ1v) is 14.5. The average molecular weight is 601 g/mol. The summed E-state index contributed by atoms with van der Waals surface area (Å²) in [5, 5.41) is 0.945. The van der Waals surface area contributed by atoms with E-state index in [1.165, 1.54) is 9.47 Å². The third-order valence-corrected chi connectivity index (χ3v) is 8.13. The Morgan fingerprint density at radius 2 is 1.81 bits per heavy atom. The first kappa shape index (κ1) is 30.1. The van der Waals surface area contributed by atoms with Crippen LogP contribution in [0.3, 0.4) is 0 Å². The molecule has 1 fully saturated rings. The number of amides is 1. The molecule has 0 N–H and O–H groups in total. The highest BCUT2D eigenvalue weighted by Crippen LogP contribution is 2.37. The smallest absolute Gasteiger partial charge is 0.347 e. The molecular formula is C33H34ClFN6O2. The van der Waals surface area contributed by atoms with Crippen LogP contribution in [0.25, 0.3) is 34.1 Å². The summed E-state index contributed by atoms with van der Waals surface area (Å²) >= 11 is 6.95. The van der Waals surface area contributed by atoms with Crippen molar-refractivity contribution in [3.8, 4) is 16.9 Å². The molecule has 8 nitrogen and oxygen atoms in total. The van der Waals surface area contributed by atoms with E-state index in [4.69, 9.17) is 16.6 Å². The van der Waals surface area contributed by atoms with E-state index in [0.717, 1.165) is 22.4 Å². The average Bonchev–Trinajstić information content (AvgIpc) is 2.96. The van der Waals surface area contributed by atoms with Gasteiger partial charge < -0.3 is 9.80 Å². The molecule has 5 rings (SSSR count). The van der Waals surface area contributed by atoms with E-state index in [2.05, 4.69) is 23.1 Å². The van der Waals surface area contributed by atoms with Crippen LogP contribution in [0, 0.1) is 6.92 Å². The van der Waals surface area contributed by atoms with Gasteiger partial charge in [-0.1, -0.05) is 68.9 Å². The Balaban J connectivity index is 1.83. The van der Waals surface area contributed by atoms with Crippen LogP contribution in [-0.4, -0.2) is 55.5 Å². The molecule has 0 saturated carbocycles. The molecule has 0 unspecified atom stereocenters. The van der Waals surface area contributed by atoms with Gasteiger partial charge in [-0.2, -0.15) is 4.98 Å². The lowest BCUT2D eigenvalue weighted by Crippen LogP contribution is -2.59. The van der Waals surface area contributed by atoms with Gasteiger partial charge in [-0.05, 0) is 49.9 Å². The van der Waals surface area contributed by atoms with Gasteiger partial charge in [0.25, 0.3) is 5.91 Å². The number of carbonyl (C=O) groups is 1. The Hall–Kier alpha value is -4.37. The minimum Gasteiger partial charge on any atom is -0.347 e. The Bertz CT molecular complexity index is 1820. The SMILES string of the molecule is C=Cc1ccccc1-c1nc2c(cc1Cl)c(N1[C@@H](C)CN(C(=O)C(=C)F)C[C@@H]1C)nc(=O)n2-c1c(C)ccnc1C(C)C. The van der Waals surface area contributed by atoms with Crippen molar-refractivity contribution in [1.82, 2.24) is 24.4 Å². The summed E-state index contributed by atoms with van der Waals surface area (Å²) in [6.45, 7) is 17.3. The molecule has 4 aromatic rings. The van der Waals surface area contributed by atoms with Gasteiger partial charge in [0.1, 0.15) is 5.82 Å². The number of halogens is 2. The van der Waals surface area contributed by atoms with Crippen LogP contribution in [0.5, 0.6) is 0 Å². The lowest BCUT2D eigenvalue weighted by molar-refractivity contribution is -0.129. The fraction of sp³-hybridized carbons (Fsp3) is 0.303. The fourth-order valence-electron chi connectivity index (χ4n) is 5.95. The van der Waals surface area contributed by atoms with Gasteiger partial charge in [0.15, 0.2) is 11.5 Å². The van der Waals surface area contributed by atoms with Gasteiger partial charge in [0, 0.05) is 36.9 Å². The van der Waals surface area contributed by atoms with Crippen molar-refractivity contribution in [3.05, 3.63) is 93.9 Å². The van der Waals surface area contributed by atoms with Crippen molar-refractivity contribution in [2.24, 2.45) is 0 Å². The maximum absolute atomic E-state index is 14.1. The summed E-state index contributed by atoms with van der Waals surface area (Å²) in [4.78, 5) is 44.3. The van der Waals surface area contributed by atoms with Crippen LogP contribution in [0.4, 0.5) is 10.2 Å². The molecule has 3 aromatic heterocycles. The first-order chi connectivity index (χ1) is 20.4. The number of hydrogen-bond donors (Lipinski definition) is 0. The van der Waals surface area contributed by atoms with Crippen LogP contribution < -0.4 is 10.6 Å². The van der Waals surface area contributed by atoms with E-state index < -0.39 is 17.4 Å². The molecule has 0 bridgehead atoms.